The highest BCUT2D eigenvalue weighted by molar-refractivity contribution is 5.96. The summed E-state index contributed by atoms with van der Waals surface area (Å²) in [5.74, 6) is -0.424. The van der Waals surface area contributed by atoms with E-state index < -0.39 is 24.0 Å². The number of amides is 5. The summed E-state index contributed by atoms with van der Waals surface area (Å²) in [5.41, 5.74) is 0.512. The number of nitrogens with one attached hydrogen (secondary N) is 3. The molecule has 5 amide bonds. The van der Waals surface area contributed by atoms with Crippen molar-refractivity contribution in [2.24, 2.45) is 0 Å². The van der Waals surface area contributed by atoms with E-state index in [-0.39, 0.29) is 38.1 Å². The lowest BCUT2D eigenvalue weighted by molar-refractivity contribution is -0.141. The Morgan fingerprint density at radius 2 is 2.03 bits per heavy atom. The number of anilines is 1. The third-order valence-electron chi connectivity index (χ3n) is 5.49. The first-order chi connectivity index (χ1) is 15.4. The van der Waals surface area contributed by atoms with Gasteiger partial charge in [-0.25, -0.2) is 4.79 Å². The lowest BCUT2D eigenvalue weighted by Crippen LogP contribution is -2.64. The fourth-order valence-electron chi connectivity index (χ4n) is 3.77. The number of nitrogens with zero attached hydrogens (tertiary/aromatic N) is 2. The molecule has 11 heteroatoms. The smallest absolute Gasteiger partial charge is 0.322 e. The van der Waals surface area contributed by atoms with Gasteiger partial charge in [-0.15, -0.1) is 0 Å². The number of urea groups is 1. The average Bonchev–Trinajstić information content (AvgIpc) is 2.80. The molecule has 0 unspecified atom stereocenters. The van der Waals surface area contributed by atoms with Crippen LogP contribution in [0.5, 0.6) is 5.75 Å². The SMILES string of the molecule is COCC(=O)N1CCN(C(=O)Nc2cccc(OC)c2)[C@@H](C(=O)N[C@H]2CCCNC2=O)C1. The lowest BCUT2D eigenvalue weighted by atomic mass is 10.1. The molecule has 11 nitrogen and oxygen atoms in total. The van der Waals surface area contributed by atoms with Gasteiger partial charge in [0.15, 0.2) is 0 Å². The van der Waals surface area contributed by atoms with Gasteiger partial charge in [-0.2, -0.15) is 0 Å². The molecule has 2 aliphatic heterocycles. The average molecular weight is 447 g/mol. The van der Waals surface area contributed by atoms with Crippen LogP contribution in [0.1, 0.15) is 12.8 Å². The van der Waals surface area contributed by atoms with E-state index in [0.717, 1.165) is 6.42 Å². The fraction of sp³-hybridized carbons (Fsp3) is 0.524. The number of piperazine rings is 1. The van der Waals surface area contributed by atoms with Gasteiger partial charge in [0.05, 0.1) is 13.7 Å². The molecule has 174 valence electrons. The number of hydrogen-bond acceptors (Lipinski definition) is 6. The Hall–Kier alpha value is -3.34. The summed E-state index contributed by atoms with van der Waals surface area (Å²) in [4.78, 5) is 53.4. The number of ether oxygens (including phenoxy) is 2. The molecule has 2 saturated heterocycles. The van der Waals surface area contributed by atoms with Crippen molar-refractivity contribution >= 4 is 29.4 Å². The molecule has 3 N–H and O–H groups in total. The second-order valence-electron chi connectivity index (χ2n) is 7.64. The zero-order chi connectivity index (χ0) is 23.1. The first kappa shape index (κ1) is 23.3. The van der Waals surface area contributed by atoms with Gasteiger partial charge in [0, 0.05) is 38.5 Å². The summed E-state index contributed by atoms with van der Waals surface area (Å²) >= 11 is 0. The summed E-state index contributed by atoms with van der Waals surface area (Å²) in [6.07, 6.45) is 1.27. The van der Waals surface area contributed by atoms with E-state index in [1.807, 2.05) is 0 Å². The van der Waals surface area contributed by atoms with Gasteiger partial charge in [-0.3, -0.25) is 14.4 Å². The number of carbonyl (C=O) groups excluding carboxylic acids is 4. The normalized spacial score (nSPS) is 20.9. The van der Waals surface area contributed by atoms with Crippen molar-refractivity contribution in [2.75, 3.05) is 52.3 Å². The first-order valence-electron chi connectivity index (χ1n) is 10.5. The number of methoxy groups -OCH3 is 2. The molecule has 0 bridgehead atoms. The number of benzene rings is 1. The standard InChI is InChI=1S/C21H29N5O6/c1-31-13-18(27)25-9-10-26(21(30)23-14-5-3-6-15(11-14)32-2)17(12-25)20(29)24-16-7-4-8-22-19(16)28/h3,5-6,11,16-17H,4,7-10,12-13H2,1-2H3,(H,22,28)(H,23,30)(H,24,29)/t16-,17+/m0/s1. The van der Waals surface area contributed by atoms with Crippen LogP contribution in [0.4, 0.5) is 10.5 Å². The maximum Gasteiger partial charge on any atom is 0.322 e. The Bertz CT molecular complexity index is 863. The Morgan fingerprint density at radius 3 is 2.75 bits per heavy atom. The molecule has 32 heavy (non-hydrogen) atoms. The van der Waals surface area contributed by atoms with E-state index in [4.69, 9.17) is 9.47 Å². The van der Waals surface area contributed by atoms with Gasteiger partial charge in [0.25, 0.3) is 0 Å². The van der Waals surface area contributed by atoms with Crippen LogP contribution in [0, 0.1) is 0 Å². The molecule has 0 aliphatic carbocycles. The van der Waals surface area contributed by atoms with Gasteiger partial charge in [-0.1, -0.05) is 6.07 Å². The van der Waals surface area contributed by atoms with Crippen LogP contribution < -0.4 is 20.7 Å². The molecule has 2 heterocycles. The molecule has 0 aromatic heterocycles. The lowest BCUT2D eigenvalue weighted by Gasteiger charge is -2.40. The predicted molar refractivity (Wildman–Crippen MR) is 115 cm³/mol. The number of carbonyl (C=O) groups is 4. The third-order valence-corrected chi connectivity index (χ3v) is 5.49. The third kappa shape index (κ3) is 5.67. The van der Waals surface area contributed by atoms with Crippen molar-refractivity contribution in [1.82, 2.24) is 20.4 Å². The van der Waals surface area contributed by atoms with Crippen molar-refractivity contribution in [2.45, 2.75) is 24.9 Å². The molecular weight excluding hydrogens is 418 g/mol. The maximum atomic E-state index is 13.1. The molecule has 1 aromatic carbocycles. The monoisotopic (exact) mass is 447 g/mol. The van der Waals surface area contributed by atoms with Gasteiger partial charge < -0.3 is 35.2 Å². The maximum absolute atomic E-state index is 13.1. The zero-order valence-electron chi connectivity index (χ0n) is 18.3. The van der Waals surface area contributed by atoms with Crippen molar-refractivity contribution in [3.05, 3.63) is 24.3 Å². The molecule has 1 aromatic rings. The van der Waals surface area contributed by atoms with Gasteiger partial charge in [0.2, 0.25) is 17.7 Å². The van der Waals surface area contributed by atoms with Crippen LogP contribution in [-0.4, -0.2) is 92.6 Å². The molecule has 2 atom stereocenters. The van der Waals surface area contributed by atoms with Crippen LogP contribution >= 0.6 is 0 Å². The van der Waals surface area contributed by atoms with Crippen LogP contribution in [-0.2, 0) is 19.1 Å². The largest absolute Gasteiger partial charge is 0.497 e. The molecule has 2 fully saturated rings. The predicted octanol–water partition coefficient (Wildman–Crippen LogP) is -0.219. The molecular formula is C21H29N5O6. The first-order valence-corrected chi connectivity index (χ1v) is 10.5. The van der Waals surface area contributed by atoms with Gasteiger partial charge in [0.1, 0.15) is 24.4 Å². The second kappa shape index (κ2) is 10.8. The summed E-state index contributed by atoms with van der Waals surface area (Å²) < 4.78 is 10.1. The molecule has 0 spiro atoms. The van der Waals surface area contributed by atoms with E-state index in [1.54, 1.807) is 24.3 Å². The minimum atomic E-state index is -0.954. The number of rotatable bonds is 6. The van der Waals surface area contributed by atoms with Crippen LogP contribution in [0.15, 0.2) is 24.3 Å². The van der Waals surface area contributed by atoms with Crippen LogP contribution in [0.3, 0.4) is 0 Å². The van der Waals surface area contributed by atoms with Gasteiger partial charge in [-0.05, 0) is 25.0 Å². The zero-order valence-corrected chi connectivity index (χ0v) is 18.3. The van der Waals surface area contributed by atoms with Crippen LogP contribution in [0.2, 0.25) is 0 Å². The number of piperidine rings is 1. The highest BCUT2D eigenvalue weighted by Crippen LogP contribution is 2.19. The van der Waals surface area contributed by atoms with E-state index in [0.29, 0.717) is 24.4 Å². The Labute approximate surface area is 186 Å². The Balaban J connectivity index is 1.75. The summed E-state index contributed by atoms with van der Waals surface area (Å²) in [5, 5.41) is 8.23. The molecule has 0 radical (unpaired) electrons. The van der Waals surface area contributed by atoms with Crippen LogP contribution in [0.25, 0.3) is 0 Å². The van der Waals surface area contributed by atoms with Crippen molar-refractivity contribution in [1.29, 1.82) is 0 Å². The van der Waals surface area contributed by atoms with Gasteiger partial charge >= 0.3 is 6.03 Å². The molecule has 3 rings (SSSR count). The Kier molecular flexibility index (Phi) is 7.87. The quantitative estimate of drug-likeness (QED) is 0.553. The molecule has 0 saturated carbocycles. The van der Waals surface area contributed by atoms with E-state index >= 15 is 0 Å². The fourth-order valence-corrected chi connectivity index (χ4v) is 3.77. The van der Waals surface area contributed by atoms with E-state index in [9.17, 15) is 19.2 Å². The van der Waals surface area contributed by atoms with Crippen molar-refractivity contribution < 1.29 is 28.7 Å². The Morgan fingerprint density at radius 1 is 1.22 bits per heavy atom. The second-order valence-corrected chi connectivity index (χ2v) is 7.64. The highest BCUT2D eigenvalue weighted by atomic mass is 16.5. The minimum Gasteiger partial charge on any atom is -0.497 e. The topological polar surface area (TPSA) is 129 Å². The van der Waals surface area contributed by atoms with E-state index in [2.05, 4.69) is 16.0 Å². The summed E-state index contributed by atoms with van der Waals surface area (Å²) in [6, 6.07) is 4.76. The highest BCUT2D eigenvalue weighted by Gasteiger charge is 2.38. The van der Waals surface area contributed by atoms with Crippen molar-refractivity contribution in [3.63, 3.8) is 0 Å². The minimum absolute atomic E-state index is 0.00783. The number of hydrogen-bond donors (Lipinski definition) is 3. The van der Waals surface area contributed by atoms with E-state index in [1.165, 1.54) is 24.0 Å². The van der Waals surface area contributed by atoms with Crippen molar-refractivity contribution in [3.8, 4) is 5.75 Å². The summed E-state index contributed by atoms with van der Waals surface area (Å²) in [7, 11) is 2.95. The summed E-state index contributed by atoms with van der Waals surface area (Å²) in [6.45, 7) is 0.883. The molecule has 2 aliphatic rings.